The average molecular weight is 291 g/mol. The van der Waals surface area contributed by atoms with Gasteiger partial charge in [-0.05, 0) is 31.1 Å². The molecule has 0 amide bonds. The van der Waals surface area contributed by atoms with Crippen molar-refractivity contribution in [2.75, 3.05) is 32.8 Å². The number of hydrogen-bond acceptors (Lipinski definition) is 5. The van der Waals surface area contributed by atoms with Crippen molar-refractivity contribution in [3.63, 3.8) is 0 Å². The van der Waals surface area contributed by atoms with E-state index >= 15 is 0 Å². The maximum Gasteiger partial charge on any atom is 0.147 e. The molecule has 21 heavy (non-hydrogen) atoms. The van der Waals surface area contributed by atoms with Crippen LogP contribution in [0.4, 0.5) is 0 Å². The average Bonchev–Trinajstić information content (AvgIpc) is 3.23. The first-order chi connectivity index (χ1) is 10.3. The normalized spacial score (nSPS) is 25.7. The van der Waals surface area contributed by atoms with Gasteiger partial charge in [0.2, 0.25) is 0 Å². The largest absolute Gasteiger partial charge is 0.381 e. The van der Waals surface area contributed by atoms with Crippen LogP contribution in [0.15, 0.2) is 6.33 Å². The summed E-state index contributed by atoms with van der Waals surface area (Å²) in [5.41, 5.74) is 0.378. The second-order valence-electron chi connectivity index (χ2n) is 6.92. The second-order valence-corrected chi connectivity index (χ2v) is 6.92. The Bertz CT molecular complexity index is 478. The summed E-state index contributed by atoms with van der Waals surface area (Å²) < 4.78 is 7.78. The molecular formula is C15H25N5O. The molecule has 1 saturated heterocycles. The minimum atomic E-state index is 0.378. The Morgan fingerprint density at radius 2 is 2.14 bits per heavy atom. The Morgan fingerprint density at radius 3 is 2.95 bits per heavy atom. The van der Waals surface area contributed by atoms with Crippen molar-refractivity contribution < 1.29 is 4.74 Å². The minimum Gasteiger partial charge on any atom is -0.381 e. The molecule has 2 aliphatic heterocycles. The van der Waals surface area contributed by atoms with E-state index in [-0.39, 0.29) is 0 Å². The first-order valence-corrected chi connectivity index (χ1v) is 8.23. The topological polar surface area (TPSA) is 55.2 Å². The van der Waals surface area contributed by atoms with Gasteiger partial charge in [-0.15, -0.1) is 10.2 Å². The van der Waals surface area contributed by atoms with E-state index in [0.717, 1.165) is 57.8 Å². The van der Waals surface area contributed by atoms with Gasteiger partial charge < -0.3 is 14.6 Å². The van der Waals surface area contributed by atoms with Gasteiger partial charge in [-0.3, -0.25) is 4.90 Å². The fourth-order valence-electron chi connectivity index (χ4n) is 3.57. The molecular weight excluding hydrogens is 266 g/mol. The molecule has 6 heteroatoms. The fraction of sp³-hybridized carbons (Fsp3) is 0.867. The Labute approximate surface area is 125 Å². The molecule has 1 saturated carbocycles. The van der Waals surface area contributed by atoms with Crippen LogP contribution in [-0.4, -0.2) is 58.6 Å². The van der Waals surface area contributed by atoms with Crippen molar-refractivity contribution >= 4 is 0 Å². The number of hydrogen-bond donors (Lipinski definition) is 1. The number of aromatic nitrogens is 3. The monoisotopic (exact) mass is 291 g/mol. The third-order valence-electron chi connectivity index (χ3n) is 5.17. The lowest BCUT2D eigenvalue weighted by Gasteiger charge is -2.42. The number of nitrogens with zero attached hydrogens (tertiary/aromatic N) is 4. The molecule has 2 fully saturated rings. The zero-order chi connectivity index (χ0) is 14.1. The van der Waals surface area contributed by atoms with E-state index in [1.165, 1.54) is 25.7 Å². The van der Waals surface area contributed by atoms with Crippen LogP contribution >= 0.6 is 0 Å². The van der Waals surface area contributed by atoms with Crippen LogP contribution in [0.1, 0.15) is 31.5 Å². The van der Waals surface area contributed by atoms with E-state index in [0.29, 0.717) is 5.41 Å². The lowest BCUT2D eigenvalue weighted by Crippen LogP contribution is -2.49. The summed E-state index contributed by atoms with van der Waals surface area (Å²) in [5, 5.41) is 12.0. The van der Waals surface area contributed by atoms with E-state index in [1.807, 2.05) is 6.33 Å². The molecule has 3 aliphatic rings. The van der Waals surface area contributed by atoms with Crippen LogP contribution in [0.3, 0.4) is 0 Å². The molecule has 0 bridgehead atoms. The third kappa shape index (κ3) is 3.12. The first kappa shape index (κ1) is 13.7. The van der Waals surface area contributed by atoms with Crippen LogP contribution in [0, 0.1) is 5.41 Å². The van der Waals surface area contributed by atoms with Gasteiger partial charge in [0.15, 0.2) is 0 Å². The Morgan fingerprint density at radius 1 is 1.29 bits per heavy atom. The van der Waals surface area contributed by atoms with Gasteiger partial charge in [0.1, 0.15) is 12.2 Å². The lowest BCUT2D eigenvalue weighted by atomic mass is 9.79. The summed E-state index contributed by atoms with van der Waals surface area (Å²) >= 11 is 0. The summed E-state index contributed by atoms with van der Waals surface area (Å²) in [6, 6.07) is 0.786. The summed E-state index contributed by atoms with van der Waals surface area (Å²) in [4.78, 5) is 2.56. The van der Waals surface area contributed by atoms with Crippen molar-refractivity contribution in [1.29, 1.82) is 0 Å². The lowest BCUT2D eigenvalue weighted by molar-refractivity contribution is -0.00903. The number of fused-ring (bicyclic) bond motifs is 1. The zero-order valence-electron chi connectivity index (χ0n) is 12.6. The fourth-order valence-corrected chi connectivity index (χ4v) is 3.57. The molecule has 0 spiro atoms. The Kier molecular flexibility index (Phi) is 3.69. The predicted octanol–water partition coefficient (Wildman–Crippen LogP) is 0.643. The molecule has 1 aliphatic carbocycles. The van der Waals surface area contributed by atoms with Crippen molar-refractivity contribution in [3.05, 3.63) is 12.2 Å². The van der Waals surface area contributed by atoms with E-state index < -0.39 is 0 Å². The maximum absolute atomic E-state index is 5.61. The van der Waals surface area contributed by atoms with Gasteiger partial charge in [-0.25, -0.2) is 0 Å². The van der Waals surface area contributed by atoms with Crippen molar-refractivity contribution in [2.24, 2.45) is 5.41 Å². The molecule has 0 radical (unpaired) electrons. The number of rotatable bonds is 5. The molecule has 1 aromatic heterocycles. The van der Waals surface area contributed by atoms with E-state index in [9.17, 15) is 0 Å². The summed E-state index contributed by atoms with van der Waals surface area (Å²) in [6.07, 6.45) is 6.93. The van der Waals surface area contributed by atoms with Crippen molar-refractivity contribution in [1.82, 2.24) is 25.0 Å². The molecule has 1 aromatic rings. The Hall–Kier alpha value is -0.980. The van der Waals surface area contributed by atoms with Gasteiger partial charge in [-0.2, -0.15) is 0 Å². The van der Waals surface area contributed by atoms with Gasteiger partial charge in [0.25, 0.3) is 0 Å². The van der Waals surface area contributed by atoms with Crippen LogP contribution < -0.4 is 5.32 Å². The highest BCUT2D eigenvalue weighted by molar-refractivity contribution is 4.95. The molecule has 4 rings (SSSR count). The maximum atomic E-state index is 5.61. The van der Waals surface area contributed by atoms with Gasteiger partial charge in [0, 0.05) is 45.4 Å². The van der Waals surface area contributed by atoms with E-state index in [2.05, 4.69) is 25.0 Å². The quantitative estimate of drug-likeness (QED) is 0.863. The van der Waals surface area contributed by atoms with Gasteiger partial charge in [-0.1, -0.05) is 0 Å². The standard InChI is InChI=1S/C15H25N5O/c1-2-13(1)16-10-15(3-7-21-8-4-15)11-19-5-6-20-12-17-18-14(20)9-19/h12-13,16H,1-11H2. The molecule has 0 aromatic carbocycles. The van der Waals surface area contributed by atoms with Gasteiger partial charge in [0.05, 0.1) is 6.54 Å². The minimum absolute atomic E-state index is 0.378. The van der Waals surface area contributed by atoms with E-state index in [4.69, 9.17) is 4.74 Å². The summed E-state index contributed by atoms with van der Waals surface area (Å²) in [6.45, 7) is 7.19. The van der Waals surface area contributed by atoms with Crippen LogP contribution in [0.2, 0.25) is 0 Å². The predicted molar refractivity (Wildman–Crippen MR) is 78.8 cm³/mol. The number of ether oxygens (including phenoxy) is 1. The first-order valence-electron chi connectivity index (χ1n) is 8.23. The molecule has 0 atom stereocenters. The Balaban J connectivity index is 1.41. The van der Waals surface area contributed by atoms with E-state index in [1.54, 1.807) is 0 Å². The van der Waals surface area contributed by atoms with Crippen LogP contribution in [0.5, 0.6) is 0 Å². The number of nitrogens with one attached hydrogen (secondary N) is 1. The smallest absolute Gasteiger partial charge is 0.147 e. The second kappa shape index (κ2) is 5.66. The zero-order valence-corrected chi connectivity index (χ0v) is 12.6. The summed E-state index contributed by atoms with van der Waals surface area (Å²) in [5.74, 6) is 1.11. The molecule has 1 N–H and O–H groups in total. The molecule has 0 unspecified atom stereocenters. The van der Waals surface area contributed by atoms with Crippen molar-refractivity contribution in [3.8, 4) is 0 Å². The van der Waals surface area contributed by atoms with Gasteiger partial charge >= 0.3 is 0 Å². The van der Waals surface area contributed by atoms with Crippen LogP contribution in [-0.2, 0) is 17.8 Å². The highest BCUT2D eigenvalue weighted by Crippen LogP contribution is 2.33. The van der Waals surface area contributed by atoms with Crippen LogP contribution in [0.25, 0.3) is 0 Å². The summed E-state index contributed by atoms with van der Waals surface area (Å²) in [7, 11) is 0. The molecule has 6 nitrogen and oxygen atoms in total. The highest BCUT2D eigenvalue weighted by atomic mass is 16.5. The SMILES string of the molecule is c1nnc2n1CCN(CC1(CNC3CC3)CCOCC1)C2. The van der Waals surface area contributed by atoms with Crippen molar-refractivity contribution in [2.45, 2.75) is 44.8 Å². The highest BCUT2D eigenvalue weighted by Gasteiger charge is 2.36. The third-order valence-corrected chi connectivity index (χ3v) is 5.17. The molecule has 3 heterocycles. The molecule has 116 valence electrons.